The van der Waals surface area contributed by atoms with Gasteiger partial charge in [-0.15, -0.1) is 11.8 Å². The Hall–Kier alpha value is -2.13. The molecule has 4 unspecified atom stereocenters. The highest BCUT2D eigenvalue weighted by atomic mass is 32.2. The average Bonchev–Trinajstić information content (AvgIpc) is 3.38. The van der Waals surface area contributed by atoms with E-state index < -0.39 is 5.54 Å². The highest BCUT2D eigenvalue weighted by Gasteiger charge is 2.47. The molecule has 0 spiro atoms. The molecular weight excluding hydrogens is 511 g/mol. The summed E-state index contributed by atoms with van der Waals surface area (Å²) in [5.74, 6) is 1.15. The summed E-state index contributed by atoms with van der Waals surface area (Å²) in [5.41, 5.74) is 4.15. The maximum Gasteiger partial charge on any atom is 0.339 e. The lowest BCUT2D eigenvalue weighted by Crippen LogP contribution is -2.55. The number of carbonyl (C=O) groups is 1. The molecule has 8 heteroatoms. The molecule has 4 rings (SSSR count). The number of hydrogen-bond acceptors (Lipinski definition) is 7. The number of hydrogen-bond donors (Lipinski definition) is 1. The second-order valence-corrected chi connectivity index (χ2v) is 13.2. The summed E-state index contributed by atoms with van der Waals surface area (Å²) < 4.78 is 11.8. The smallest absolute Gasteiger partial charge is 0.339 e. The first kappa shape index (κ1) is 28.9. The number of rotatable bonds is 9. The Morgan fingerprint density at radius 2 is 2.03 bits per heavy atom. The van der Waals surface area contributed by atoms with Gasteiger partial charge in [-0.25, -0.2) is 4.79 Å². The van der Waals surface area contributed by atoms with E-state index in [0.29, 0.717) is 34.2 Å². The molecule has 1 saturated heterocycles. The van der Waals surface area contributed by atoms with Gasteiger partial charge in [-0.3, -0.25) is 9.89 Å². The van der Waals surface area contributed by atoms with Crippen LogP contribution in [0.1, 0.15) is 64.3 Å². The van der Waals surface area contributed by atoms with Crippen LogP contribution in [0, 0.1) is 5.41 Å². The molecule has 0 saturated carbocycles. The number of nitrogens with zero attached hydrogens (tertiary/aromatic N) is 2. The highest BCUT2D eigenvalue weighted by molar-refractivity contribution is 8.12. The Morgan fingerprint density at radius 3 is 2.74 bits per heavy atom. The molecule has 2 radical (unpaired) electrons. The van der Waals surface area contributed by atoms with Gasteiger partial charge in [0.05, 0.1) is 18.2 Å². The Labute approximate surface area is 234 Å². The molecule has 2 aliphatic heterocycles. The van der Waals surface area contributed by atoms with Crippen LogP contribution >= 0.6 is 11.8 Å². The number of ether oxygens (including phenoxy) is 1. The van der Waals surface area contributed by atoms with Crippen LogP contribution in [0.15, 0.2) is 53.5 Å². The van der Waals surface area contributed by atoms with Gasteiger partial charge in [0.1, 0.15) is 5.75 Å². The van der Waals surface area contributed by atoms with E-state index in [0.717, 1.165) is 41.6 Å². The van der Waals surface area contributed by atoms with Crippen molar-refractivity contribution in [2.24, 2.45) is 10.4 Å². The molecule has 1 N–H and O–H groups in total. The quantitative estimate of drug-likeness (QED) is 0.330. The van der Waals surface area contributed by atoms with E-state index in [1.54, 1.807) is 17.3 Å². The zero-order chi connectivity index (χ0) is 27.3. The molecule has 2 heterocycles. The van der Waals surface area contributed by atoms with Crippen molar-refractivity contribution in [3.05, 3.63) is 65.2 Å². The molecule has 0 amide bonds. The molecular formula is C30H41N3O3SSi. The fraction of sp³-hybridized carbons (Fsp3) is 0.533. The van der Waals surface area contributed by atoms with E-state index in [2.05, 4.69) is 81.2 Å². The number of nitrogens with one attached hydrogen (secondary N) is 1. The topological polar surface area (TPSA) is 63.2 Å². The third-order valence-electron chi connectivity index (χ3n) is 7.06. The Balaban J connectivity index is 1.80. The van der Waals surface area contributed by atoms with Crippen molar-refractivity contribution in [1.82, 2.24) is 10.2 Å². The van der Waals surface area contributed by atoms with Crippen LogP contribution in [-0.2, 0) is 15.1 Å². The highest BCUT2D eigenvalue weighted by Crippen LogP contribution is 2.43. The average molecular weight is 552 g/mol. The largest absolute Gasteiger partial charge is 0.541 e. The lowest BCUT2D eigenvalue weighted by atomic mass is 9.82. The minimum absolute atomic E-state index is 0.0626. The number of piperazine rings is 1. The number of thioether (sulfide) groups is 1. The van der Waals surface area contributed by atoms with Crippen LogP contribution in [0.4, 0.5) is 0 Å². The first-order chi connectivity index (χ1) is 18.1. The second-order valence-electron chi connectivity index (χ2n) is 11.5. The molecule has 0 aliphatic carbocycles. The summed E-state index contributed by atoms with van der Waals surface area (Å²) in [6.45, 7) is 15.2. The normalized spacial score (nSPS) is 24.8. The third-order valence-corrected chi connectivity index (χ3v) is 9.49. The Kier molecular flexibility index (Phi) is 9.39. The fourth-order valence-corrected chi connectivity index (χ4v) is 6.81. The SMILES string of the molecule is CCOC(=O)C1(c2ccccc2C(c2cccc(O[Si]CC(C)(C)C)c2)N2CC(C)NCC2C)CSC=N1. The Bertz CT molecular complexity index is 1140. The third kappa shape index (κ3) is 6.53. The first-order valence-corrected chi connectivity index (χ1v) is 15.7. The number of aliphatic imine (C=N–C) groups is 1. The molecule has 38 heavy (non-hydrogen) atoms. The van der Waals surface area contributed by atoms with E-state index in [1.807, 2.05) is 19.1 Å². The molecule has 204 valence electrons. The molecule has 4 atom stereocenters. The number of esters is 1. The second kappa shape index (κ2) is 12.4. The monoisotopic (exact) mass is 551 g/mol. The van der Waals surface area contributed by atoms with Crippen LogP contribution in [-0.4, -0.2) is 63.7 Å². The molecule has 0 bridgehead atoms. The van der Waals surface area contributed by atoms with Crippen molar-refractivity contribution < 1.29 is 14.0 Å². The van der Waals surface area contributed by atoms with E-state index in [-0.39, 0.29) is 17.4 Å². The lowest BCUT2D eigenvalue weighted by Gasteiger charge is -2.44. The van der Waals surface area contributed by atoms with Crippen molar-refractivity contribution in [3.8, 4) is 5.75 Å². The maximum atomic E-state index is 13.4. The molecule has 0 aromatic heterocycles. The van der Waals surface area contributed by atoms with Gasteiger partial charge in [-0.2, -0.15) is 0 Å². The van der Waals surface area contributed by atoms with Crippen LogP contribution in [0.2, 0.25) is 6.04 Å². The van der Waals surface area contributed by atoms with Crippen molar-refractivity contribution in [3.63, 3.8) is 0 Å². The summed E-state index contributed by atoms with van der Waals surface area (Å²) in [5, 5.41) is 3.62. The molecule has 6 nitrogen and oxygen atoms in total. The molecule has 2 aliphatic rings. The summed E-state index contributed by atoms with van der Waals surface area (Å²) >= 11 is 1.56. The van der Waals surface area contributed by atoms with Gasteiger partial charge in [0, 0.05) is 30.9 Å². The lowest BCUT2D eigenvalue weighted by molar-refractivity contribution is -0.148. The van der Waals surface area contributed by atoms with E-state index in [4.69, 9.17) is 14.2 Å². The van der Waals surface area contributed by atoms with Crippen LogP contribution in [0.5, 0.6) is 5.75 Å². The number of benzene rings is 2. The van der Waals surface area contributed by atoms with E-state index in [1.165, 1.54) is 0 Å². The summed E-state index contributed by atoms with van der Waals surface area (Å²) in [4.78, 5) is 20.8. The van der Waals surface area contributed by atoms with Crippen molar-refractivity contribution in [1.29, 1.82) is 0 Å². The van der Waals surface area contributed by atoms with E-state index in [9.17, 15) is 4.79 Å². The minimum atomic E-state index is -1.04. The Morgan fingerprint density at radius 1 is 1.24 bits per heavy atom. The van der Waals surface area contributed by atoms with Gasteiger partial charge in [0.2, 0.25) is 0 Å². The van der Waals surface area contributed by atoms with Crippen molar-refractivity contribution in [2.75, 3.05) is 25.4 Å². The predicted octanol–water partition coefficient (Wildman–Crippen LogP) is 5.45. The van der Waals surface area contributed by atoms with Crippen LogP contribution in [0.25, 0.3) is 0 Å². The predicted molar refractivity (Wildman–Crippen MR) is 158 cm³/mol. The molecule has 2 aromatic rings. The standard InChI is InChI=1S/C30H41N3O3SSi/c1-7-35-28(34)30(18-37-20-32-30)26-14-9-8-13-25(26)27(33-17-21(2)31-16-22(33)3)23-11-10-12-24(15-23)36-38-19-29(4,5)6/h8-15,20-22,27,31H,7,16-19H2,1-6H3. The number of carbonyl (C=O) groups excluding carboxylic acids is 1. The van der Waals surface area contributed by atoms with E-state index >= 15 is 0 Å². The molecule has 2 aromatic carbocycles. The first-order valence-electron chi connectivity index (χ1n) is 13.6. The zero-order valence-corrected chi connectivity index (χ0v) is 25.3. The van der Waals surface area contributed by atoms with Crippen LogP contribution < -0.4 is 9.74 Å². The summed E-state index contributed by atoms with van der Waals surface area (Å²) in [6.07, 6.45) is 0. The van der Waals surface area contributed by atoms with Gasteiger partial charge in [-0.05, 0) is 61.1 Å². The van der Waals surface area contributed by atoms with Gasteiger partial charge in [0.25, 0.3) is 0 Å². The van der Waals surface area contributed by atoms with Gasteiger partial charge >= 0.3 is 15.7 Å². The zero-order valence-electron chi connectivity index (χ0n) is 23.5. The summed E-state index contributed by atoms with van der Waals surface area (Å²) in [6, 6.07) is 18.4. The molecule has 1 fully saturated rings. The van der Waals surface area contributed by atoms with Crippen LogP contribution in [0.3, 0.4) is 0 Å². The van der Waals surface area contributed by atoms with Gasteiger partial charge < -0.3 is 14.5 Å². The van der Waals surface area contributed by atoms with Crippen molar-refractivity contribution >= 4 is 33.0 Å². The van der Waals surface area contributed by atoms with Crippen molar-refractivity contribution in [2.45, 2.75) is 71.3 Å². The van der Waals surface area contributed by atoms with Gasteiger partial charge in [0.15, 0.2) is 5.54 Å². The summed E-state index contributed by atoms with van der Waals surface area (Å²) in [7, 11) is 0.401. The minimum Gasteiger partial charge on any atom is -0.541 e. The van der Waals surface area contributed by atoms with Gasteiger partial charge in [-0.1, -0.05) is 57.2 Å². The maximum absolute atomic E-state index is 13.4. The fourth-order valence-electron chi connectivity index (χ4n) is 5.10.